The van der Waals surface area contributed by atoms with E-state index in [1.165, 1.54) is 0 Å². The van der Waals surface area contributed by atoms with Crippen LogP contribution in [0.1, 0.15) is 24.3 Å². The minimum Gasteiger partial charge on any atom is -0.385 e. The minimum absolute atomic E-state index is 0.136. The minimum atomic E-state index is -0.136. The van der Waals surface area contributed by atoms with Crippen LogP contribution >= 0.6 is 0 Å². The van der Waals surface area contributed by atoms with E-state index >= 15 is 0 Å². The molecule has 0 saturated heterocycles. The number of nitrogens with one attached hydrogen (secondary N) is 2. The summed E-state index contributed by atoms with van der Waals surface area (Å²) in [5.74, 6) is -0.136. The van der Waals surface area contributed by atoms with Gasteiger partial charge in [0, 0.05) is 31.0 Å². The molecule has 0 aliphatic carbocycles. The van der Waals surface area contributed by atoms with Crippen LogP contribution in [-0.4, -0.2) is 49.0 Å². The van der Waals surface area contributed by atoms with Gasteiger partial charge in [-0.25, -0.2) is 0 Å². The zero-order chi connectivity index (χ0) is 13.5. The lowest BCUT2D eigenvalue weighted by molar-refractivity contribution is 0.0938. The molecule has 0 radical (unpaired) electrons. The molecule has 1 unspecified atom stereocenters. The standard InChI is InChI=1S/C13H22N4O/c1-5-14-11-6-7-15-12(8-11)13(18)16-9-10(2)17(3)4/h6-8,10H,5,9H2,1-4H3,(H,14,15)(H,16,18). The van der Waals surface area contributed by atoms with Crippen molar-refractivity contribution in [3.05, 3.63) is 24.0 Å². The van der Waals surface area contributed by atoms with E-state index in [4.69, 9.17) is 0 Å². The van der Waals surface area contributed by atoms with Crippen LogP contribution in [0.15, 0.2) is 18.3 Å². The molecule has 1 aromatic heterocycles. The van der Waals surface area contributed by atoms with E-state index in [0.717, 1.165) is 12.2 Å². The Labute approximate surface area is 109 Å². The zero-order valence-electron chi connectivity index (χ0n) is 11.5. The van der Waals surface area contributed by atoms with Gasteiger partial charge in [-0.1, -0.05) is 0 Å². The molecule has 1 atom stereocenters. The fourth-order valence-corrected chi connectivity index (χ4v) is 1.38. The van der Waals surface area contributed by atoms with Crippen molar-refractivity contribution < 1.29 is 4.79 Å². The molecule has 0 saturated carbocycles. The molecule has 5 heteroatoms. The van der Waals surface area contributed by atoms with Crippen molar-refractivity contribution >= 4 is 11.6 Å². The summed E-state index contributed by atoms with van der Waals surface area (Å²) < 4.78 is 0. The number of nitrogens with zero attached hydrogens (tertiary/aromatic N) is 2. The highest BCUT2D eigenvalue weighted by Gasteiger charge is 2.10. The van der Waals surface area contributed by atoms with Gasteiger partial charge in [-0.15, -0.1) is 0 Å². The van der Waals surface area contributed by atoms with Gasteiger partial charge in [-0.05, 0) is 40.1 Å². The van der Waals surface area contributed by atoms with E-state index in [1.54, 1.807) is 12.3 Å². The molecule has 1 amide bonds. The van der Waals surface area contributed by atoms with Crippen molar-refractivity contribution in [1.29, 1.82) is 0 Å². The second-order valence-corrected chi connectivity index (χ2v) is 4.48. The van der Waals surface area contributed by atoms with Crippen molar-refractivity contribution in [1.82, 2.24) is 15.2 Å². The molecule has 1 rings (SSSR count). The van der Waals surface area contributed by atoms with Gasteiger partial charge in [0.15, 0.2) is 0 Å². The fraction of sp³-hybridized carbons (Fsp3) is 0.538. The smallest absolute Gasteiger partial charge is 0.270 e. The summed E-state index contributed by atoms with van der Waals surface area (Å²) in [5.41, 5.74) is 1.36. The number of aromatic nitrogens is 1. The molecule has 1 aromatic rings. The Kier molecular flexibility index (Phi) is 5.58. The van der Waals surface area contributed by atoms with Crippen LogP contribution in [0, 0.1) is 0 Å². The summed E-state index contributed by atoms with van der Waals surface area (Å²) >= 11 is 0. The van der Waals surface area contributed by atoms with Crippen molar-refractivity contribution in [3.8, 4) is 0 Å². The number of anilines is 1. The van der Waals surface area contributed by atoms with E-state index in [-0.39, 0.29) is 5.91 Å². The molecule has 0 aliphatic heterocycles. The summed E-state index contributed by atoms with van der Waals surface area (Å²) in [6, 6.07) is 3.91. The summed E-state index contributed by atoms with van der Waals surface area (Å²) in [6.45, 7) is 5.50. The second-order valence-electron chi connectivity index (χ2n) is 4.48. The normalized spacial score (nSPS) is 12.3. The number of hydrogen-bond donors (Lipinski definition) is 2. The Bertz CT molecular complexity index is 392. The quantitative estimate of drug-likeness (QED) is 0.796. The molecular weight excluding hydrogens is 228 g/mol. The van der Waals surface area contributed by atoms with E-state index in [0.29, 0.717) is 18.3 Å². The number of likely N-dealkylation sites (N-methyl/N-ethyl adjacent to an activating group) is 1. The van der Waals surface area contributed by atoms with Crippen molar-refractivity contribution in [3.63, 3.8) is 0 Å². The summed E-state index contributed by atoms with van der Waals surface area (Å²) in [4.78, 5) is 18.0. The number of carbonyl (C=O) groups excluding carboxylic acids is 1. The molecule has 5 nitrogen and oxygen atoms in total. The maximum Gasteiger partial charge on any atom is 0.270 e. The predicted octanol–water partition coefficient (Wildman–Crippen LogP) is 1.19. The average Bonchev–Trinajstić information content (AvgIpc) is 2.36. The summed E-state index contributed by atoms with van der Waals surface area (Å²) in [7, 11) is 3.97. The highest BCUT2D eigenvalue weighted by Crippen LogP contribution is 2.07. The third kappa shape index (κ3) is 4.33. The van der Waals surface area contributed by atoms with E-state index in [9.17, 15) is 4.79 Å². The highest BCUT2D eigenvalue weighted by molar-refractivity contribution is 5.93. The van der Waals surface area contributed by atoms with Crippen LogP contribution in [0.5, 0.6) is 0 Å². The Morgan fingerprint density at radius 2 is 2.22 bits per heavy atom. The van der Waals surface area contributed by atoms with Crippen LogP contribution in [0.2, 0.25) is 0 Å². The topological polar surface area (TPSA) is 57.3 Å². The average molecular weight is 250 g/mol. The molecule has 0 aromatic carbocycles. The Morgan fingerprint density at radius 1 is 1.50 bits per heavy atom. The molecule has 18 heavy (non-hydrogen) atoms. The second kappa shape index (κ2) is 6.96. The van der Waals surface area contributed by atoms with Gasteiger partial charge < -0.3 is 15.5 Å². The molecule has 0 bridgehead atoms. The van der Waals surface area contributed by atoms with Gasteiger partial charge in [0.25, 0.3) is 5.91 Å². The Balaban J connectivity index is 2.58. The van der Waals surface area contributed by atoms with Gasteiger partial charge >= 0.3 is 0 Å². The maximum atomic E-state index is 11.9. The van der Waals surface area contributed by atoms with Crippen LogP contribution in [0.25, 0.3) is 0 Å². The summed E-state index contributed by atoms with van der Waals surface area (Å²) in [6.07, 6.45) is 1.64. The number of carbonyl (C=O) groups is 1. The lowest BCUT2D eigenvalue weighted by Crippen LogP contribution is -2.38. The van der Waals surface area contributed by atoms with E-state index in [1.807, 2.05) is 27.1 Å². The molecule has 0 spiro atoms. The SMILES string of the molecule is CCNc1ccnc(C(=O)NCC(C)N(C)C)c1. The van der Waals surface area contributed by atoms with Crippen LogP contribution in [0.4, 0.5) is 5.69 Å². The van der Waals surface area contributed by atoms with Crippen molar-refractivity contribution in [2.75, 3.05) is 32.5 Å². The van der Waals surface area contributed by atoms with Crippen LogP contribution in [0.3, 0.4) is 0 Å². The summed E-state index contributed by atoms with van der Waals surface area (Å²) in [5, 5.41) is 6.04. The fourth-order valence-electron chi connectivity index (χ4n) is 1.38. The number of rotatable bonds is 6. The lowest BCUT2D eigenvalue weighted by atomic mass is 10.2. The van der Waals surface area contributed by atoms with Crippen LogP contribution < -0.4 is 10.6 Å². The van der Waals surface area contributed by atoms with E-state index < -0.39 is 0 Å². The zero-order valence-corrected chi connectivity index (χ0v) is 11.5. The van der Waals surface area contributed by atoms with Gasteiger partial charge in [0.2, 0.25) is 0 Å². The number of amides is 1. The third-order valence-corrected chi connectivity index (χ3v) is 2.81. The molecule has 0 aliphatic rings. The molecule has 2 N–H and O–H groups in total. The van der Waals surface area contributed by atoms with Gasteiger partial charge in [-0.3, -0.25) is 9.78 Å². The first kappa shape index (κ1) is 14.4. The first-order chi connectivity index (χ1) is 8.54. The Hall–Kier alpha value is -1.62. The lowest BCUT2D eigenvalue weighted by Gasteiger charge is -2.19. The first-order valence-corrected chi connectivity index (χ1v) is 6.19. The third-order valence-electron chi connectivity index (χ3n) is 2.81. The monoisotopic (exact) mass is 250 g/mol. The molecule has 1 heterocycles. The highest BCUT2D eigenvalue weighted by atomic mass is 16.1. The van der Waals surface area contributed by atoms with Gasteiger partial charge in [0.05, 0.1) is 0 Å². The Morgan fingerprint density at radius 3 is 2.83 bits per heavy atom. The predicted molar refractivity (Wildman–Crippen MR) is 73.9 cm³/mol. The maximum absolute atomic E-state index is 11.9. The van der Waals surface area contributed by atoms with Gasteiger partial charge in [-0.2, -0.15) is 0 Å². The van der Waals surface area contributed by atoms with Crippen molar-refractivity contribution in [2.45, 2.75) is 19.9 Å². The number of pyridine rings is 1. The van der Waals surface area contributed by atoms with Crippen LogP contribution in [-0.2, 0) is 0 Å². The van der Waals surface area contributed by atoms with E-state index in [2.05, 4.69) is 27.4 Å². The first-order valence-electron chi connectivity index (χ1n) is 6.19. The molecule has 100 valence electrons. The molecular formula is C13H22N4O. The number of hydrogen-bond acceptors (Lipinski definition) is 4. The van der Waals surface area contributed by atoms with Gasteiger partial charge in [0.1, 0.15) is 5.69 Å². The van der Waals surface area contributed by atoms with Crippen molar-refractivity contribution in [2.24, 2.45) is 0 Å². The molecule has 0 fully saturated rings. The largest absolute Gasteiger partial charge is 0.385 e.